The van der Waals surface area contributed by atoms with Crippen LogP contribution in [0, 0.1) is 0 Å². The van der Waals surface area contributed by atoms with Crippen molar-refractivity contribution in [2.75, 3.05) is 31.4 Å². The summed E-state index contributed by atoms with van der Waals surface area (Å²) < 4.78 is 7.33. The average molecular weight is 300 g/mol. The van der Waals surface area contributed by atoms with E-state index in [0.29, 0.717) is 6.54 Å². The first kappa shape index (κ1) is 17.3. The van der Waals surface area contributed by atoms with Crippen molar-refractivity contribution < 1.29 is 9.84 Å². The molecule has 1 unspecified atom stereocenters. The Balaban J connectivity index is 3.28. The number of unbranched alkanes of at least 4 members (excludes halogenated alkanes) is 1. The van der Waals surface area contributed by atoms with Gasteiger partial charge in [-0.25, -0.2) is 4.79 Å². The highest BCUT2D eigenvalue weighted by atomic mass is 16.5. The zero-order chi connectivity index (χ0) is 16.0. The Morgan fingerprint density at radius 2 is 2.10 bits per heavy atom. The Bertz CT molecular complexity index is 579. The summed E-state index contributed by atoms with van der Waals surface area (Å²) >= 11 is 0. The Hall–Kier alpha value is -1.80. The van der Waals surface area contributed by atoms with Crippen LogP contribution in [0.25, 0.3) is 0 Å². The van der Waals surface area contributed by atoms with Crippen LogP contribution in [-0.2, 0) is 18.3 Å². The van der Waals surface area contributed by atoms with Crippen LogP contribution >= 0.6 is 0 Å². The van der Waals surface area contributed by atoms with Gasteiger partial charge in [0, 0.05) is 20.7 Å². The van der Waals surface area contributed by atoms with Crippen molar-refractivity contribution in [2.24, 2.45) is 7.05 Å². The number of nitrogens with zero attached hydrogens (tertiary/aromatic N) is 2. The van der Waals surface area contributed by atoms with E-state index in [1.54, 1.807) is 0 Å². The van der Waals surface area contributed by atoms with E-state index in [-0.39, 0.29) is 24.7 Å². The maximum absolute atomic E-state index is 12.2. The summed E-state index contributed by atoms with van der Waals surface area (Å²) in [7, 11) is 2.90. The predicted octanol–water partition coefficient (Wildman–Crippen LogP) is -0.651. The van der Waals surface area contributed by atoms with Crippen LogP contribution in [0.5, 0.6) is 0 Å². The van der Waals surface area contributed by atoms with Crippen LogP contribution in [0.4, 0.5) is 11.5 Å². The second kappa shape index (κ2) is 7.84. The molecule has 120 valence electrons. The smallest absolute Gasteiger partial charge is 0.332 e. The largest absolute Gasteiger partial charge is 0.394 e. The van der Waals surface area contributed by atoms with Crippen LogP contribution < -0.4 is 22.3 Å². The van der Waals surface area contributed by atoms with E-state index < -0.39 is 17.3 Å². The number of hydrogen-bond donors (Lipinski definition) is 3. The third-order valence-corrected chi connectivity index (χ3v) is 3.26. The number of aliphatic hydroxyl groups excluding tert-OH is 1. The lowest BCUT2D eigenvalue weighted by molar-refractivity contribution is 0.153. The van der Waals surface area contributed by atoms with Crippen LogP contribution in [0.3, 0.4) is 0 Å². The van der Waals surface area contributed by atoms with Crippen molar-refractivity contribution in [3.63, 3.8) is 0 Å². The van der Waals surface area contributed by atoms with Gasteiger partial charge in [0.15, 0.2) is 0 Å². The summed E-state index contributed by atoms with van der Waals surface area (Å²) in [6.07, 6.45) is 1.68. The topological polar surface area (TPSA) is 112 Å². The molecule has 0 saturated heterocycles. The summed E-state index contributed by atoms with van der Waals surface area (Å²) in [6, 6.07) is -0.470. The lowest BCUT2D eigenvalue weighted by Gasteiger charge is -2.20. The second-order valence-electron chi connectivity index (χ2n) is 4.89. The fourth-order valence-corrected chi connectivity index (χ4v) is 2.00. The second-order valence-corrected chi connectivity index (χ2v) is 4.89. The van der Waals surface area contributed by atoms with Gasteiger partial charge >= 0.3 is 5.69 Å². The molecule has 0 bridgehead atoms. The van der Waals surface area contributed by atoms with E-state index in [1.807, 2.05) is 6.92 Å². The van der Waals surface area contributed by atoms with Gasteiger partial charge in [-0.05, 0) is 6.42 Å². The lowest BCUT2D eigenvalue weighted by Crippen LogP contribution is -2.42. The SMILES string of the molecule is CCCCn1c(N)c(NC(CO)COC)c(=O)n(C)c1=O. The molecule has 0 radical (unpaired) electrons. The van der Waals surface area contributed by atoms with Crippen LogP contribution in [0.1, 0.15) is 19.8 Å². The molecule has 4 N–H and O–H groups in total. The van der Waals surface area contributed by atoms with Crippen molar-refractivity contribution in [3.8, 4) is 0 Å². The van der Waals surface area contributed by atoms with E-state index in [2.05, 4.69) is 5.32 Å². The number of nitrogens with two attached hydrogens (primary N) is 1. The Labute approximate surface area is 123 Å². The average Bonchev–Trinajstić information content (AvgIpc) is 2.48. The molecule has 1 aromatic heterocycles. The minimum absolute atomic E-state index is 0.0890. The highest BCUT2D eigenvalue weighted by molar-refractivity contribution is 5.61. The van der Waals surface area contributed by atoms with Gasteiger partial charge in [-0.3, -0.25) is 13.9 Å². The minimum atomic E-state index is -0.514. The molecule has 0 aliphatic heterocycles. The summed E-state index contributed by atoms with van der Waals surface area (Å²) in [5, 5.41) is 12.1. The van der Waals surface area contributed by atoms with E-state index in [1.165, 1.54) is 18.7 Å². The first-order valence-electron chi connectivity index (χ1n) is 6.93. The third kappa shape index (κ3) is 3.85. The summed E-state index contributed by atoms with van der Waals surface area (Å²) in [6.45, 7) is 2.44. The summed E-state index contributed by atoms with van der Waals surface area (Å²) in [5.74, 6) is 0.0890. The quantitative estimate of drug-likeness (QED) is 0.588. The lowest BCUT2D eigenvalue weighted by atomic mass is 10.3. The standard InChI is InChI=1S/C13H24N4O4/c1-4-5-6-17-11(14)10(12(19)16(2)13(17)20)15-9(7-18)8-21-3/h9,15,18H,4-8,14H2,1-3H3. The molecule has 0 aliphatic rings. The molecular formula is C13H24N4O4. The van der Waals surface area contributed by atoms with E-state index in [4.69, 9.17) is 10.5 Å². The number of aromatic nitrogens is 2. The van der Waals surface area contributed by atoms with E-state index >= 15 is 0 Å². The monoisotopic (exact) mass is 300 g/mol. The normalized spacial score (nSPS) is 12.4. The van der Waals surface area contributed by atoms with Crippen molar-refractivity contribution >= 4 is 11.5 Å². The molecule has 1 aromatic rings. The number of aliphatic hydroxyl groups is 1. The number of nitrogens with one attached hydrogen (secondary N) is 1. The third-order valence-electron chi connectivity index (χ3n) is 3.26. The van der Waals surface area contributed by atoms with Crippen LogP contribution in [0.15, 0.2) is 9.59 Å². The summed E-state index contributed by atoms with van der Waals surface area (Å²) in [4.78, 5) is 24.3. The Kier molecular flexibility index (Phi) is 6.44. The molecule has 0 fully saturated rings. The maximum atomic E-state index is 12.2. The van der Waals surface area contributed by atoms with Gasteiger partial charge in [0.25, 0.3) is 5.56 Å². The number of methoxy groups -OCH3 is 1. The fourth-order valence-electron chi connectivity index (χ4n) is 2.00. The van der Waals surface area contributed by atoms with Gasteiger partial charge in [0.05, 0.1) is 19.3 Å². The van der Waals surface area contributed by atoms with Gasteiger partial charge in [-0.1, -0.05) is 13.3 Å². The maximum Gasteiger partial charge on any atom is 0.332 e. The molecule has 1 atom stereocenters. The number of nitrogen functional groups attached to an aromatic ring is 1. The van der Waals surface area contributed by atoms with Crippen molar-refractivity contribution in [1.29, 1.82) is 0 Å². The van der Waals surface area contributed by atoms with E-state index in [0.717, 1.165) is 17.4 Å². The van der Waals surface area contributed by atoms with Crippen molar-refractivity contribution in [1.82, 2.24) is 9.13 Å². The molecule has 8 heteroatoms. The fraction of sp³-hybridized carbons (Fsp3) is 0.692. The Morgan fingerprint density at radius 1 is 1.43 bits per heavy atom. The van der Waals surface area contributed by atoms with Gasteiger partial charge in [0.1, 0.15) is 11.5 Å². The summed E-state index contributed by atoms with van der Waals surface area (Å²) in [5.41, 5.74) is 5.12. The molecule has 0 saturated carbocycles. The van der Waals surface area contributed by atoms with Crippen molar-refractivity contribution in [2.45, 2.75) is 32.4 Å². The molecule has 0 spiro atoms. The van der Waals surface area contributed by atoms with Gasteiger partial charge in [0.2, 0.25) is 0 Å². The predicted molar refractivity (Wildman–Crippen MR) is 81.6 cm³/mol. The highest BCUT2D eigenvalue weighted by Gasteiger charge is 2.18. The molecular weight excluding hydrogens is 276 g/mol. The zero-order valence-electron chi connectivity index (χ0n) is 12.8. The first-order valence-corrected chi connectivity index (χ1v) is 6.93. The van der Waals surface area contributed by atoms with Gasteiger partial charge in [-0.15, -0.1) is 0 Å². The molecule has 1 rings (SSSR count). The number of rotatable bonds is 8. The van der Waals surface area contributed by atoms with Gasteiger partial charge in [-0.2, -0.15) is 0 Å². The molecule has 0 amide bonds. The zero-order valence-corrected chi connectivity index (χ0v) is 12.8. The molecule has 21 heavy (non-hydrogen) atoms. The molecule has 0 aromatic carbocycles. The van der Waals surface area contributed by atoms with E-state index in [9.17, 15) is 14.7 Å². The minimum Gasteiger partial charge on any atom is -0.394 e. The first-order chi connectivity index (χ1) is 9.97. The van der Waals surface area contributed by atoms with Gasteiger partial charge < -0.3 is 20.9 Å². The molecule has 1 heterocycles. The highest BCUT2D eigenvalue weighted by Crippen LogP contribution is 2.13. The van der Waals surface area contributed by atoms with Crippen LogP contribution in [-0.4, -0.2) is 40.6 Å². The number of hydrogen-bond acceptors (Lipinski definition) is 6. The number of anilines is 2. The molecule has 0 aliphatic carbocycles. The Morgan fingerprint density at radius 3 is 2.62 bits per heavy atom. The molecule has 8 nitrogen and oxygen atoms in total. The number of ether oxygens (including phenoxy) is 1. The van der Waals surface area contributed by atoms with Crippen LogP contribution in [0.2, 0.25) is 0 Å². The van der Waals surface area contributed by atoms with Crippen molar-refractivity contribution in [3.05, 3.63) is 20.8 Å².